The van der Waals surface area contributed by atoms with Crippen molar-refractivity contribution in [2.75, 3.05) is 13.7 Å². The standard InChI is InChI=1S/C16H22O3/c1-3-19-15(17)9-12-16(10-4-11-16)13-5-7-14(18-2)8-6-13/h5-8H,3-4,9-12H2,1-2H3. The van der Waals surface area contributed by atoms with E-state index in [9.17, 15) is 4.79 Å². The zero-order chi connectivity index (χ0) is 13.7. The average molecular weight is 262 g/mol. The Morgan fingerprint density at radius 3 is 2.42 bits per heavy atom. The van der Waals surface area contributed by atoms with E-state index in [2.05, 4.69) is 12.1 Å². The second-order valence-corrected chi connectivity index (χ2v) is 5.17. The summed E-state index contributed by atoms with van der Waals surface area (Å²) in [6, 6.07) is 8.26. The lowest BCUT2D eigenvalue weighted by Crippen LogP contribution is -2.34. The van der Waals surface area contributed by atoms with Gasteiger partial charge in [-0.25, -0.2) is 0 Å². The molecule has 0 saturated heterocycles. The molecule has 1 fully saturated rings. The van der Waals surface area contributed by atoms with Gasteiger partial charge in [0.15, 0.2) is 0 Å². The first-order valence-corrected chi connectivity index (χ1v) is 7.00. The van der Waals surface area contributed by atoms with Crippen LogP contribution in [0, 0.1) is 0 Å². The summed E-state index contributed by atoms with van der Waals surface area (Å²) in [5.41, 5.74) is 1.50. The molecule has 0 amide bonds. The molecule has 1 aromatic carbocycles. The predicted octanol–water partition coefficient (Wildman–Crippen LogP) is 3.46. The first kappa shape index (κ1) is 13.9. The number of benzene rings is 1. The summed E-state index contributed by atoms with van der Waals surface area (Å²) in [6.45, 7) is 2.31. The molecule has 19 heavy (non-hydrogen) atoms. The minimum absolute atomic E-state index is 0.0812. The predicted molar refractivity (Wildman–Crippen MR) is 74.4 cm³/mol. The van der Waals surface area contributed by atoms with E-state index < -0.39 is 0 Å². The number of hydrogen-bond acceptors (Lipinski definition) is 3. The van der Waals surface area contributed by atoms with Gasteiger partial charge in [-0.1, -0.05) is 18.6 Å². The number of hydrogen-bond donors (Lipinski definition) is 0. The molecule has 0 aliphatic heterocycles. The van der Waals surface area contributed by atoms with Crippen molar-refractivity contribution in [2.24, 2.45) is 0 Å². The average Bonchev–Trinajstić information content (AvgIpc) is 2.38. The zero-order valence-corrected chi connectivity index (χ0v) is 11.8. The molecule has 104 valence electrons. The maximum Gasteiger partial charge on any atom is 0.305 e. The summed E-state index contributed by atoms with van der Waals surface area (Å²) in [5, 5.41) is 0. The van der Waals surface area contributed by atoms with Crippen molar-refractivity contribution in [1.82, 2.24) is 0 Å². The topological polar surface area (TPSA) is 35.5 Å². The van der Waals surface area contributed by atoms with E-state index in [-0.39, 0.29) is 11.4 Å². The fourth-order valence-corrected chi connectivity index (χ4v) is 2.81. The van der Waals surface area contributed by atoms with E-state index in [4.69, 9.17) is 9.47 Å². The second kappa shape index (κ2) is 6.09. The van der Waals surface area contributed by atoms with Gasteiger partial charge >= 0.3 is 5.97 Å². The van der Waals surface area contributed by atoms with Crippen LogP contribution in [0.2, 0.25) is 0 Å². The van der Waals surface area contributed by atoms with Crippen molar-refractivity contribution < 1.29 is 14.3 Å². The summed E-state index contributed by atoms with van der Waals surface area (Å²) < 4.78 is 10.2. The Kier molecular flexibility index (Phi) is 4.46. The van der Waals surface area contributed by atoms with Crippen molar-refractivity contribution in [3.8, 4) is 5.75 Å². The Hall–Kier alpha value is -1.51. The van der Waals surface area contributed by atoms with Crippen molar-refractivity contribution in [3.05, 3.63) is 29.8 Å². The molecule has 1 saturated carbocycles. The molecule has 0 N–H and O–H groups in total. The number of esters is 1. The van der Waals surface area contributed by atoms with Crippen molar-refractivity contribution in [2.45, 2.75) is 44.4 Å². The third kappa shape index (κ3) is 3.09. The summed E-state index contributed by atoms with van der Waals surface area (Å²) >= 11 is 0. The normalized spacial score (nSPS) is 16.5. The number of carbonyl (C=O) groups excluding carboxylic acids is 1. The molecule has 0 unspecified atom stereocenters. The number of ether oxygens (including phenoxy) is 2. The molecular weight excluding hydrogens is 240 g/mol. The van der Waals surface area contributed by atoms with E-state index in [1.165, 1.54) is 24.8 Å². The van der Waals surface area contributed by atoms with Crippen LogP contribution < -0.4 is 4.74 Å². The van der Waals surface area contributed by atoms with Gasteiger partial charge in [0.25, 0.3) is 0 Å². The quantitative estimate of drug-likeness (QED) is 0.736. The highest BCUT2D eigenvalue weighted by atomic mass is 16.5. The molecule has 3 nitrogen and oxygen atoms in total. The van der Waals surface area contributed by atoms with E-state index >= 15 is 0 Å². The molecular formula is C16H22O3. The zero-order valence-electron chi connectivity index (χ0n) is 11.8. The summed E-state index contributed by atoms with van der Waals surface area (Å²) in [7, 11) is 1.68. The van der Waals surface area contributed by atoms with Crippen molar-refractivity contribution in [1.29, 1.82) is 0 Å². The van der Waals surface area contributed by atoms with E-state index in [1.54, 1.807) is 7.11 Å². The van der Waals surface area contributed by atoms with E-state index in [0.717, 1.165) is 12.2 Å². The lowest BCUT2D eigenvalue weighted by molar-refractivity contribution is -0.143. The van der Waals surface area contributed by atoms with Gasteiger partial charge in [0, 0.05) is 6.42 Å². The molecule has 1 aromatic rings. The Morgan fingerprint density at radius 1 is 1.26 bits per heavy atom. The largest absolute Gasteiger partial charge is 0.497 e. The number of methoxy groups -OCH3 is 1. The molecule has 0 atom stereocenters. The minimum Gasteiger partial charge on any atom is -0.497 e. The SMILES string of the molecule is CCOC(=O)CCC1(c2ccc(OC)cc2)CCC1. The molecule has 0 bridgehead atoms. The van der Waals surface area contributed by atoms with Crippen LogP contribution in [0.5, 0.6) is 5.75 Å². The fraction of sp³-hybridized carbons (Fsp3) is 0.562. The van der Waals surface area contributed by atoms with Crippen LogP contribution in [0.15, 0.2) is 24.3 Å². The first-order valence-electron chi connectivity index (χ1n) is 7.00. The highest BCUT2D eigenvalue weighted by Crippen LogP contribution is 2.47. The van der Waals surface area contributed by atoms with Crippen LogP contribution in [-0.4, -0.2) is 19.7 Å². The van der Waals surface area contributed by atoms with Gasteiger partial charge in [-0.05, 0) is 49.3 Å². The van der Waals surface area contributed by atoms with Gasteiger partial charge in [-0.2, -0.15) is 0 Å². The van der Waals surface area contributed by atoms with Gasteiger partial charge in [0.1, 0.15) is 5.75 Å². The fourth-order valence-electron chi connectivity index (χ4n) is 2.81. The molecule has 1 aliphatic rings. The van der Waals surface area contributed by atoms with Crippen LogP contribution in [0.1, 0.15) is 44.6 Å². The van der Waals surface area contributed by atoms with E-state index in [1.807, 2.05) is 19.1 Å². The van der Waals surface area contributed by atoms with Gasteiger partial charge < -0.3 is 9.47 Å². The lowest BCUT2D eigenvalue weighted by Gasteiger charge is -2.42. The summed E-state index contributed by atoms with van der Waals surface area (Å²) in [6.07, 6.45) is 4.98. The smallest absolute Gasteiger partial charge is 0.305 e. The number of carbonyl (C=O) groups is 1. The van der Waals surface area contributed by atoms with Crippen LogP contribution in [0.3, 0.4) is 0 Å². The summed E-state index contributed by atoms with van der Waals surface area (Å²) in [5.74, 6) is 0.797. The van der Waals surface area contributed by atoms with Gasteiger partial charge in [-0.3, -0.25) is 4.79 Å². The second-order valence-electron chi connectivity index (χ2n) is 5.17. The highest BCUT2D eigenvalue weighted by Gasteiger charge is 2.38. The van der Waals surface area contributed by atoms with Gasteiger partial charge in [-0.15, -0.1) is 0 Å². The Morgan fingerprint density at radius 2 is 1.95 bits per heavy atom. The molecule has 0 heterocycles. The number of rotatable bonds is 6. The third-order valence-corrected chi connectivity index (χ3v) is 4.13. The molecule has 3 heteroatoms. The molecule has 2 rings (SSSR count). The molecule has 0 aromatic heterocycles. The molecule has 1 aliphatic carbocycles. The molecule has 0 radical (unpaired) electrons. The Balaban J connectivity index is 2.02. The van der Waals surface area contributed by atoms with Gasteiger partial charge in [0.05, 0.1) is 13.7 Å². The monoisotopic (exact) mass is 262 g/mol. The van der Waals surface area contributed by atoms with Crippen LogP contribution >= 0.6 is 0 Å². The maximum absolute atomic E-state index is 11.5. The highest BCUT2D eigenvalue weighted by molar-refractivity contribution is 5.69. The first-order chi connectivity index (χ1) is 9.20. The molecule has 0 spiro atoms. The van der Waals surface area contributed by atoms with Crippen LogP contribution in [-0.2, 0) is 14.9 Å². The van der Waals surface area contributed by atoms with Crippen LogP contribution in [0.4, 0.5) is 0 Å². The van der Waals surface area contributed by atoms with Crippen molar-refractivity contribution >= 4 is 5.97 Å². The third-order valence-electron chi connectivity index (χ3n) is 4.13. The van der Waals surface area contributed by atoms with Crippen molar-refractivity contribution in [3.63, 3.8) is 0 Å². The van der Waals surface area contributed by atoms with Gasteiger partial charge in [0.2, 0.25) is 0 Å². The maximum atomic E-state index is 11.5. The van der Waals surface area contributed by atoms with E-state index in [0.29, 0.717) is 13.0 Å². The van der Waals surface area contributed by atoms with Crippen LogP contribution in [0.25, 0.3) is 0 Å². The summed E-state index contributed by atoms with van der Waals surface area (Å²) in [4.78, 5) is 11.5. The lowest BCUT2D eigenvalue weighted by atomic mass is 9.62. The Labute approximate surface area is 114 Å². The minimum atomic E-state index is -0.0812. The Bertz CT molecular complexity index is 418.